The Hall–Kier alpha value is -2.35. The maximum Gasteiger partial charge on any atom is 0.330 e. The molecule has 0 bridgehead atoms. The van der Waals surface area contributed by atoms with Crippen LogP contribution in [0.3, 0.4) is 0 Å². The lowest BCUT2D eigenvalue weighted by Gasteiger charge is -2.08. The lowest BCUT2D eigenvalue weighted by Crippen LogP contribution is -1.98. The van der Waals surface area contributed by atoms with Crippen LogP contribution in [-0.4, -0.2) is 12.6 Å². The monoisotopic (exact) mass is 280 g/mol. The van der Waals surface area contributed by atoms with E-state index < -0.39 is 0 Å². The Bertz CT molecular complexity index is 669. The number of hydrogen-bond donors (Lipinski definition) is 0. The summed E-state index contributed by atoms with van der Waals surface area (Å²) in [5, 5.41) is 0. The third-order valence-corrected chi connectivity index (χ3v) is 3.29. The first kappa shape index (κ1) is 15.0. The van der Waals surface area contributed by atoms with Crippen LogP contribution in [0.2, 0.25) is 0 Å². The van der Waals surface area contributed by atoms with Crippen LogP contribution >= 0.6 is 0 Å². The number of aryl methyl sites for hydroxylation is 2. The third-order valence-electron chi connectivity index (χ3n) is 3.29. The number of carbonyl (C=O) groups excluding carboxylic acids is 1. The number of benzene rings is 2. The smallest absolute Gasteiger partial charge is 0.330 e. The minimum absolute atomic E-state index is 0.311. The van der Waals surface area contributed by atoms with Gasteiger partial charge in [-0.15, -0.1) is 0 Å². The molecule has 0 saturated heterocycles. The molecule has 0 aromatic heterocycles. The lowest BCUT2D eigenvalue weighted by atomic mass is 9.97. The van der Waals surface area contributed by atoms with Gasteiger partial charge < -0.3 is 4.74 Å². The highest BCUT2D eigenvalue weighted by Gasteiger charge is 2.03. The highest BCUT2D eigenvalue weighted by Crippen LogP contribution is 2.25. The zero-order valence-electron chi connectivity index (χ0n) is 12.7. The van der Waals surface area contributed by atoms with Gasteiger partial charge in [-0.3, -0.25) is 0 Å². The standard InChI is InChI=1S/C19H20O2/c1-4-21-19(20)11-10-16-6-5-7-17(13-16)18-12-14(2)8-9-15(18)3/h5-13H,4H2,1-3H3. The molecule has 0 amide bonds. The summed E-state index contributed by atoms with van der Waals surface area (Å²) in [5.74, 6) is -0.311. The van der Waals surface area contributed by atoms with Crippen molar-refractivity contribution in [1.29, 1.82) is 0 Å². The molecule has 2 aromatic rings. The highest BCUT2D eigenvalue weighted by molar-refractivity contribution is 5.87. The highest BCUT2D eigenvalue weighted by atomic mass is 16.5. The Kier molecular flexibility index (Phi) is 4.94. The van der Waals surface area contributed by atoms with Crippen LogP contribution in [0.15, 0.2) is 48.5 Å². The summed E-state index contributed by atoms with van der Waals surface area (Å²) in [6.07, 6.45) is 3.25. The quantitative estimate of drug-likeness (QED) is 0.607. The van der Waals surface area contributed by atoms with Gasteiger partial charge in [0, 0.05) is 6.08 Å². The molecule has 2 rings (SSSR count). The molecule has 2 aromatic carbocycles. The van der Waals surface area contributed by atoms with Crippen molar-refractivity contribution in [2.24, 2.45) is 0 Å². The molecule has 2 nitrogen and oxygen atoms in total. The Morgan fingerprint density at radius 3 is 2.71 bits per heavy atom. The second kappa shape index (κ2) is 6.89. The molecule has 2 heteroatoms. The second-order valence-corrected chi connectivity index (χ2v) is 5.03. The number of hydrogen-bond acceptors (Lipinski definition) is 2. The minimum atomic E-state index is -0.311. The Labute approximate surface area is 126 Å². The predicted molar refractivity (Wildman–Crippen MR) is 87.0 cm³/mol. The van der Waals surface area contributed by atoms with E-state index in [2.05, 4.69) is 44.2 Å². The Morgan fingerprint density at radius 1 is 1.14 bits per heavy atom. The zero-order valence-corrected chi connectivity index (χ0v) is 12.7. The third kappa shape index (κ3) is 4.06. The van der Waals surface area contributed by atoms with E-state index >= 15 is 0 Å². The molecule has 0 atom stereocenters. The fourth-order valence-electron chi connectivity index (χ4n) is 2.21. The largest absolute Gasteiger partial charge is 0.463 e. The fraction of sp³-hybridized carbons (Fsp3) is 0.211. The summed E-state index contributed by atoms with van der Waals surface area (Å²) in [5.41, 5.74) is 5.85. The van der Waals surface area contributed by atoms with E-state index in [1.807, 2.05) is 12.1 Å². The van der Waals surface area contributed by atoms with Crippen molar-refractivity contribution in [3.63, 3.8) is 0 Å². The molecule has 0 heterocycles. The van der Waals surface area contributed by atoms with Gasteiger partial charge in [0.25, 0.3) is 0 Å². The van der Waals surface area contributed by atoms with Crippen molar-refractivity contribution in [2.45, 2.75) is 20.8 Å². The van der Waals surface area contributed by atoms with Gasteiger partial charge in [-0.25, -0.2) is 4.79 Å². The summed E-state index contributed by atoms with van der Waals surface area (Å²) < 4.78 is 4.89. The molecular weight excluding hydrogens is 260 g/mol. The molecule has 21 heavy (non-hydrogen) atoms. The van der Waals surface area contributed by atoms with Gasteiger partial charge in [-0.2, -0.15) is 0 Å². The topological polar surface area (TPSA) is 26.3 Å². The number of rotatable bonds is 4. The molecule has 0 unspecified atom stereocenters. The van der Waals surface area contributed by atoms with E-state index in [0.29, 0.717) is 6.61 Å². The molecule has 0 aliphatic heterocycles. The molecule has 0 N–H and O–H groups in total. The van der Waals surface area contributed by atoms with Crippen molar-refractivity contribution < 1.29 is 9.53 Å². The summed E-state index contributed by atoms with van der Waals surface area (Å²) >= 11 is 0. The number of esters is 1. The van der Waals surface area contributed by atoms with Gasteiger partial charge in [0.2, 0.25) is 0 Å². The first-order chi connectivity index (χ1) is 10.1. The van der Waals surface area contributed by atoms with E-state index in [1.54, 1.807) is 13.0 Å². The maximum atomic E-state index is 11.4. The van der Waals surface area contributed by atoms with Crippen LogP contribution in [0.4, 0.5) is 0 Å². The summed E-state index contributed by atoms with van der Waals surface area (Å²) in [6, 6.07) is 14.6. The number of carbonyl (C=O) groups is 1. The molecule has 0 aliphatic carbocycles. The molecule has 0 spiro atoms. The van der Waals surface area contributed by atoms with Gasteiger partial charge in [0.15, 0.2) is 0 Å². The molecule has 0 aliphatic rings. The average Bonchev–Trinajstić information content (AvgIpc) is 2.48. The van der Waals surface area contributed by atoms with Crippen LogP contribution < -0.4 is 0 Å². The van der Waals surface area contributed by atoms with Crippen molar-refractivity contribution in [1.82, 2.24) is 0 Å². The molecular formula is C19H20O2. The van der Waals surface area contributed by atoms with E-state index in [-0.39, 0.29) is 5.97 Å². The molecule has 0 saturated carbocycles. The first-order valence-corrected chi connectivity index (χ1v) is 7.12. The molecule has 0 radical (unpaired) electrons. The molecule has 0 fully saturated rings. The van der Waals surface area contributed by atoms with E-state index in [9.17, 15) is 4.79 Å². The van der Waals surface area contributed by atoms with E-state index in [0.717, 1.165) is 11.1 Å². The van der Waals surface area contributed by atoms with Crippen LogP contribution in [0, 0.1) is 13.8 Å². The van der Waals surface area contributed by atoms with Gasteiger partial charge in [0.1, 0.15) is 0 Å². The number of ether oxygens (including phenoxy) is 1. The summed E-state index contributed by atoms with van der Waals surface area (Å²) in [4.78, 5) is 11.4. The average molecular weight is 280 g/mol. The summed E-state index contributed by atoms with van der Waals surface area (Å²) in [7, 11) is 0. The van der Waals surface area contributed by atoms with Crippen LogP contribution in [0.25, 0.3) is 17.2 Å². The maximum absolute atomic E-state index is 11.4. The van der Waals surface area contributed by atoms with Gasteiger partial charge in [-0.1, -0.05) is 42.0 Å². The van der Waals surface area contributed by atoms with Crippen molar-refractivity contribution >= 4 is 12.0 Å². The summed E-state index contributed by atoms with van der Waals surface area (Å²) in [6.45, 7) is 6.39. The lowest BCUT2D eigenvalue weighted by molar-refractivity contribution is -0.137. The van der Waals surface area contributed by atoms with Crippen molar-refractivity contribution in [3.05, 3.63) is 65.2 Å². The van der Waals surface area contributed by atoms with Crippen LogP contribution in [-0.2, 0) is 9.53 Å². The Balaban J connectivity index is 2.29. The van der Waals surface area contributed by atoms with Gasteiger partial charge in [0.05, 0.1) is 6.61 Å². The van der Waals surface area contributed by atoms with Crippen LogP contribution in [0.5, 0.6) is 0 Å². The molecule has 108 valence electrons. The van der Waals surface area contributed by atoms with Gasteiger partial charge in [-0.05, 0) is 55.2 Å². The predicted octanol–water partition coefficient (Wildman–Crippen LogP) is 4.55. The van der Waals surface area contributed by atoms with E-state index in [4.69, 9.17) is 4.74 Å². The zero-order chi connectivity index (χ0) is 15.2. The van der Waals surface area contributed by atoms with E-state index in [1.165, 1.54) is 22.8 Å². The first-order valence-electron chi connectivity index (χ1n) is 7.12. The van der Waals surface area contributed by atoms with Crippen molar-refractivity contribution in [2.75, 3.05) is 6.61 Å². The fourth-order valence-corrected chi connectivity index (χ4v) is 2.21. The SMILES string of the molecule is CCOC(=O)C=Cc1cccc(-c2cc(C)ccc2C)c1. The van der Waals surface area contributed by atoms with Crippen LogP contribution in [0.1, 0.15) is 23.6 Å². The second-order valence-electron chi connectivity index (χ2n) is 5.03. The van der Waals surface area contributed by atoms with Gasteiger partial charge >= 0.3 is 5.97 Å². The Morgan fingerprint density at radius 2 is 1.95 bits per heavy atom. The normalized spacial score (nSPS) is 10.8. The van der Waals surface area contributed by atoms with Crippen molar-refractivity contribution in [3.8, 4) is 11.1 Å². The minimum Gasteiger partial charge on any atom is -0.463 e.